The van der Waals surface area contributed by atoms with Gasteiger partial charge in [0.05, 0.1) is 0 Å². The Morgan fingerprint density at radius 1 is 1.44 bits per heavy atom. The quantitative estimate of drug-likeness (QED) is 0.906. The number of nitrogens with zero attached hydrogens (tertiary/aromatic N) is 2. The van der Waals surface area contributed by atoms with Gasteiger partial charge in [0.15, 0.2) is 0 Å². The Balaban J connectivity index is 2.07. The third kappa shape index (κ3) is 3.19. The molecule has 4 nitrogen and oxygen atoms in total. The van der Waals surface area contributed by atoms with Crippen molar-refractivity contribution in [2.75, 3.05) is 11.9 Å². The molecule has 1 unspecified atom stereocenters. The number of anilines is 1. The SMILES string of the molecule is Cc1nnc(NCC(C)(O)c2cccc(Cl)c2)s1. The van der Waals surface area contributed by atoms with Gasteiger partial charge in [0.1, 0.15) is 10.6 Å². The molecule has 0 aliphatic carbocycles. The van der Waals surface area contributed by atoms with Gasteiger partial charge in [-0.15, -0.1) is 10.2 Å². The molecule has 2 aromatic rings. The van der Waals surface area contributed by atoms with Crippen molar-refractivity contribution < 1.29 is 5.11 Å². The molecule has 0 spiro atoms. The van der Waals surface area contributed by atoms with Crippen molar-refractivity contribution in [3.63, 3.8) is 0 Å². The molecular formula is C12H14ClN3OS. The highest BCUT2D eigenvalue weighted by Gasteiger charge is 2.23. The molecule has 1 aromatic heterocycles. The van der Waals surface area contributed by atoms with Gasteiger partial charge in [-0.05, 0) is 31.5 Å². The molecule has 1 aromatic carbocycles. The van der Waals surface area contributed by atoms with E-state index in [0.717, 1.165) is 10.6 Å². The Kier molecular flexibility index (Phi) is 3.85. The standard InChI is InChI=1S/C12H14ClN3OS/c1-8-15-16-11(18-8)14-7-12(2,17)9-4-3-5-10(13)6-9/h3-6,17H,7H2,1-2H3,(H,14,16). The highest BCUT2D eigenvalue weighted by molar-refractivity contribution is 7.15. The highest BCUT2D eigenvalue weighted by Crippen LogP contribution is 2.24. The van der Waals surface area contributed by atoms with E-state index in [1.165, 1.54) is 11.3 Å². The molecule has 18 heavy (non-hydrogen) atoms. The lowest BCUT2D eigenvalue weighted by molar-refractivity contribution is 0.0715. The van der Waals surface area contributed by atoms with Crippen LogP contribution in [0.15, 0.2) is 24.3 Å². The summed E-state index contributed by atoms with van der Waals surface area (Å²) in [6.45, 7) is 3.97. The zero-order valence-electron chi connectivity index (χ0n) is 10.1. The Morgan fingerprint density at radius 2 is 2.22 bits per heavy atom. The van der Waals surface area contributed by atoms with Gasteiger partial charge >= 0.3 is 0 Å². The average molecular weight is 284 g/mol. The molecule has 0 saturated heterocycles. The molecule has 1 atom stereocenters. The largest absolute Gasteiger partial charge is 0.384 e. The van der Waals surface area contributed by atoms with Gasteiger partial charge in [0.2, 0.25) is 5.13 Å². The van der Waals surface area contributed by atoms with Crippen molar-refractivity contribution >= 4 is 28.1 Å². The predicted molar refractivity (Wildman–Crippen MR) is 74.2 cm³/mol. The van der Waals surface area contributed by atoms with Gasteiger partial charge in [-0.25, -0.2) is 0 Å². The Morgan fingerprint density at radius 3 is 2.83 bits per heavy atom. The van der Waals surface area contributed by atoms with Gasteiger partial charge in [-0.3, -0.25) is 0 Å². The number of hydrogen-bond donors (Lipinski definition) is 2. The van der Waals surface area contributed by atoms with Crippen molar-refractivity contribution in [2.45, 2.75) is 19.4 Å². The van der Waals surface area contributed by atoms with Crippen LogP contribution in [-0.4, -0.2) is 21.8 Å². The average Bonchev–Trinajstić information content (AvgIpc) is 2.73. The summed E-state index contributed by atoms with van der Waals surface area (Å²) >= 11 is 7.38. The van der Waals surface area contributed by atoms with E-state index in [1.807, 2.05) is 19.1 Å². The maximum absolute atomic E-state index is 10.4. The second-order valence-electron chi connectivity index (χ2n) is 4.26. The van der Waals surface area contributed by atoms with E-state index in [1.54, 1.807) is 19.1 Å². The van der Waals surface area contributed by atoms with Gasteiger partial charge in [0, 0.05) is 11.6 Å². The molecule has 96 valence electrons. The second-order valence-corrected chi connectivity index (χ2v) is 5.88. The van der Waals surface area contributed by atoms with Crippen LogP contribution in [-0.2, 0) is 5.60 Å². The number of benzene rings is 1. The van der Waals surface area contributed by atoms with E-state index in [-0.39, 0.29) is 0 Å². The molecule has 6 heteroatoms. The Hall–Kier alpha value is -1.17. The minimum absolute atomic E-state index is 0.349. The van der Waals surface area contributed by atoms with Crippen LogP contribution in [0, 0.1) is 6.92 Å². The van der Waals surface area contributed by atoms with Gasteiger partial charge < -0.3 is 10.4 Å². The number of halogens is 1. The molecule has 2 rings (SSSR count). The van der Waals surface area contributed by atoms with Gasteiger partial charge in [-0.1, -0.05) is 35.1 Å². The van der Waals surface area contributed by atoms with Crippen molar-refractivity contribution in [3.05, 3.63) is 39.9 Å². The van der Waals surface area contributed by atoms with Crippen molar-refractivity contribution in [2.24, 2.45) is 0 Å². The number of aryl methyl sites for hydroxylation is 1. The maximum Gasteiger partial charge on any atom is 0.205 e. The van der Waals surface area contributed by atoms with Gasteiger partial charge in [-0.2, -0.15) is 0 Å². The summed E-state index contributed by atoms with van der Waals surface area (Å²) in [5.74, 6) is 0. The van der Waals surface area contributed by atoms with Crippen molar-refractivity contribution in [1.82, 2.24) is 10.2 Å². The van der Waals surface area contributed by atoms with Crippen LogP contribution in [0.3, 0.4) is 0 Å². The first-order valence-corrected chi connectivity index (χ1v) is 6.69. The third-order valence-corrected chi connectivity index (χ3v) is 3.59. The lowest BCUT2D eigenvalue weighted by Crippen LogP contribution is -2.30. The molecule has 0 amide bonds. The van der Waals surface area contributed by atoms with Crippen LogP contribution in [0.4, 0.5) is 5.13 Å². The smallest absolute Gasteiger partial charge is 0.205 e. The molecule has 0 bridgehead atoms. The fraction of sp³-hybridized carbons (Fsp3) is 0.333. The number of nitrogens with one attached hydrogen (secondary N) is 1. The van der Waals surface area contributed by atoms with E-state index >= 15 is 0 Å². The van der Waals surface area contributed by atoms with Crippen LogP contribution in [0.1, 0.15) is 17.5 Å². The van der Waals surface area contributed by atoms with E-state index in [4.69, 9.17) is 11.6 Å². The van der Waals surface area contributed by atoms with Crippen LogP contribution in [0.25, 0.3) is 0 Å². The topological polar surface area (TPSA) is 58.0 Å². The Bertz CT molecular complexity index is 542. The zero-order chi connectivity index (χ0) is 13.2. The maximum atomic E-state index is 10.4. The van der Waals surface area contributed by atoms with E-state index in [2.05, 4.69) is 15.5 Å². The summed E-state index contributed by atoms with van der Waals surface area (Å²) < 4.78 is 0. The normalized spacial score (nSPS) is 14.2. The molecule has 0 aliphatic heterocycles. The second kappa shape index (κ2) is 5.22. The fourth-order valence-electron chi connectivity index (χ4n) is 1.54. The molecule has 0 aliphatic rings. The Labute approximate surface area is 115 Å². The lowest BCUT2D eigenvalue weighted by Gasteiger charge is -2.24. The van der Waals surface area contributed by atoms with Crippen LogP contribution in [0.5, 0.6) is 0 Å². The van der Waals surface area contributed by atoms with Crippen LogP contribution in [0.2, 0.25) is 5.02 Å². The zero-order valence-corrected chi connectivity index (χ0v) is 11.7. The monoisotopic (exact) mass is 283 g/mol. The molecule has 0 radical (unpaired) electrons. The summed E-state index contributed by atoms with van der Waals surface area (Å²) in [7, 11) is 0. The molecule has 0 saturated carbocycles. The molecule has 2 N–H and O–H groups in total. The summed E-state index contributed by atoms with van der Waals surface area (Å²) in [6, 6.07) is 7.21. The minimum Gasteiger partial charge on any atom is -0.384 e. The number of rotatable bonds is 4. The molecule has 1 heterocycles. The van der Waals surface area contributed by atoms with Crippen LogP contribution >= 0.6 is 22.9 Å². The first-order chi connectivity index (χ1) is 8.47. The highest BCUT2D eigenvalue weighted by atomic mass is 35.5. The number of aliphatic hydroxyl groups is 1. The summed E-state index contributed by atoms with van der Waals surface area (Å²) in [4.78, 5) is 0. The number of aromatic nitrogens is 2. The summed E-state index contributed by atoms with van der Waals surface area (Å²) in [6.07, 6.45) is 0. The molecular weight excluding hydrogens is 270 g/mol. The van der Waals surface area contributed by atoms with E-state index in [0.29, 0.717) is 16.7 Å². The molecule has 0 fully saturated rings. The fourth-order valence-corrected chi connectivity index (χ4v) is 2.32. The van der Waals surface area contributed by atoms with Gasteiger partial charge in [0.25, 0.3) is 0 Å². The first kappa shape index (κ1) is 13.3. The number of hydrogen-bond acceptors (Lipinski definition) is 5. The van der Waals surface area contributed by atoms with Crippen LogP contribution < -0.4 is 5.32 Å². The first-order valence-electron chi connectivity index (χ1n) is 5.50. The predicted octanol–water partition coefficient (Wildman–Crippen LogP) is 2.82. The third-order valence-electron chi connectivity index (χ3n) is 2.56. The minimum atomic E-state index is -1.01. The van der Waals surface area contributed by atoms with E-state index in [9.17, 15) is 5.11 Å². The lowest BCUT2D eigenvalue weighted by atomic mass is 9.96. The summed E-state index contributed by atoms with van der Waals surface area (Å²) in [5, 5.41) is 23.5. The van der Waals surface area contributed by atoms with Crippen molar-refractivity contribution in [3.8, 4) is 0 Å². The van der Waals surface area contributed by atoms with Crippen molar-refractivity contribution in [1.29, 1.82) is 0 Å². The van der Waals surface area contributed by atoms with E-state index < -0.39 is 5.60 Å². The summed E-state index contributed by atoms with van der Waals surface area (Å²) in [5.41, 5.74) is -0.242.